The van der Waals surface area contributed by atoms with Gasteiger partial charge in [0.15, 0.2) is 11.6 Å². The van der Waals surface area contributed by atoms with Crippen molar-refractivity contribution < 1.29 is 17.5 Å². The van der Waals surface area contributed by atoms with E-state index < -0.39 is 14.9 Å². The molecule has 106 valence electrons. The molecule has 0 aliphatic heterocycles. The lowest BCUT2D eigenvalue weighted by atomic mass is 10.1. The van der Waals surface area contributed by atoms with Crippen molar-refractivity contribution in [2.24, 2.45) is 0 Å². The molecule has 0 amide bonds. The van der Waals surface area contributed by atoms with Crippen LogP contribution in [0.2, 0.25) is 0 Å². The van der Waals surface area contributed by atoms with E-state index in [1.807, 2.05) is 31.2 Å². The smallest absolute Gasteiger partial charge is 0.261 e. The van der Waals surface area contributed by atoms with Gasteiger partial charge in [0.05, 0.1) is 4.90 Å². The van der Waals surface area contributed by atoms with Gasteiger partial charge in [0.25, 0.3) is 9.05 Å². The van der Waals surface area contributed by atoms with Gasteiger partial charge < -0.3 is 4.74 Å². The topological polar surface area (TPSA) is 43.4 Å². The van der Waals surface area contributed by atoms with Crippen molar-refractivity contribution in [2.75, 3.05) is 0 Å². The summed E-state index contributed by atoms with van der Waals surface area (Å²) in [5, 5.41) is 0. The molecule has 0 bridgehead atoms. The number of hydrogen-bond acceptors (Lipinski definition) is 3. The number of hydrogen-bond donors (Lipinski definition) is 0. The fourth-order valence-corrected chi connectivity index (χ4v) is 2.44. The molecule has 0 spiro atoms. The SMILES string of the molecule is Cc1ccccc1COc1ccc(S(=O)(=O)Cl)cc1F. The molecular weight excluding hydrogens is 303 g/mol. The van der Waals surface area contributed by atoms with Crippen LogP contribution in [0, 0.1) is 12.7 Å². The van der Waals surface area contributed by atoms with E-state index in [1.165, 1.54) is 12.1 Å². The summed E-state index contributed by atoms with van der Waals surface area (Å²) in [6, 6.07) is 10.9. The fraction of sp³-hybridized carbons (Fsp3) is 0.143. The molecule has 0 aliphatic rings. The van der Waals surface area contributed by atoms with Crippen LogP contribution in [-0.2, 0) is 15.7 Å². The second-order valence-electron chi connectivity index (χ2n) is 4.25. The fourth-order valence-electron chi connectivity index (χ4n) is 1.68. The quantitative estimate of drug-likeness (QED) is 0.809. The second kappa shape index (κ2) is 5.81. The highest BCUT2D eigenvalue weighted by Crippen LogP contribution is 2.24. The Labute approximate surface area is 121 Å². The lowest BCUT2D eigenvalue weighted by molar-refractivity contribution is 0.289. The molecule has 0 heterocycles. The molecule has 0 radical (unpaired) electrons. The van der Waals surface area contributed by atoms with Crippen molar-refractivity contribution in [2.45, 2.75) is 18.4 Å². The Bertz CT molecular complexity index is 729. The molecule has 2 aromatic carbocycles. The number of benzene rings is 2. The molecule has 0 N–H and O–H groups in total. The molecule has 0 aromatic heterocycles. The first-order valence-corrected chi connectivity index (χ1v) is 8.10. The highest BCUT2D eigenvalue weighted by Gasteiger charge is 2.14. The number of rotatable bonds is 4. The van der Waals surface area contributed by atoms with Gasteiger partial charge in [0.1, 0.15) is 6.61 Å². The molecule has 0 atom stereocenters. The van der Waals surface area contributed by atoms with E-state index in [9.17, 15) is 12.8 Å². The van der Waals surface area contributed by atoms with Gasteiger partial charge in [-0.2, -0.15) is 0 Å². The van der Waals surface area contributed by atoms with E-state index in [2.05, 4.69) is 0 Å². The van der Waals surface area contributed by atoms with Gasteiger partial charge in [-0.25, -0.2) is 12.8 Å². The first-order valence-electron chi connectivity index (χ1n) is 5.79. The Hall–Kier alpha value is -1.59. The summed E-state index contributed by atoms with van der Waals surface area (Å²) in [5.74, 6) is -0.780. The van der Waals surface area contributed by atoms with Crippen molar-refractivity contribution in [1.29, 1.82) is 0 Å². The van der Waals surface area contributed by atoms with Gasteiger partial charge in [0, 0.05) is 10.7 Å². The van der Waals surface area contributed by atoms with E-state index in [0.29, 0.717) is 0 Å². The van der Waals surface area contributed by atoms with Crippen LogP contribution in [0.4, 0.5) is 4.39 Å². The molecule has 2 aromatic rings. The second-order valence-corrected chi connectivity index (χ2v) is 6.81. The Kier molecular flexibility index (Phi) is 4.30. The van der Waals surface area contributed by atoms with Crippen molar-refractivity contribution in [1.82, 2.24) is 0 Å². The summed E-state index contributed by atoms with van der Waals surface area (Å²) in [6.45, 7) is 2.13. The third-order valence-corrected chi connectivity index (χ3v) is 4.18. The Morgan fingerprint density at radius 3 is 2.50 bits per heavy atom. The molecule has 3 nitrogen and oxygen atoms in total. The van der Waals surface area contributed by atoms with Gasteiger partial charge in [-0.05, 0) is 36.2 Å². The van der Waals surface area contributed by atoms with Gasteiger partial charge in [-0.15, -0.1) is 0 Å². The molecule has 0 aliphatic carbocycles. The van der Waals surface area contributed by atoms with Crippen LogP contribution in [0.15, 0.2) is 47.4 Å². The lowest BCUT2D eigenvalue weighted by Crippen LogP contribution is -2.00. The van der Waals surface area contributed by atoms with Crippen molar-refractivity contribution in [3.05, 3.63) is 59.4 Å². The summed E-state index contributed by atoms with van der Waals surface area (Å²) in [6.07, 6.45) is 0. The maximum Gasteiger partial charge on any atom is 0.261 e. The molecule has 2 rings (SSSR count). The third-order valence-electron chi connectivity index (χ3n) is 2.83. The highest BCUT2D eigenvalue weighted by atomic mass is 35.7. The van der Waals surface area contributed by atoms with Gasteiger partial charge in [-0.1, -0.05) is 24.3 Å². The average molecular weight is 315 g/mol. The largest absolute Gasteiger partial charge is 0.486 e. The van der Waals surface area contributed by atoms with Gasteiger partial charge >= 0.3 is 0 Å². The average Bonchev–Trinajstić information content (AvgIpc) is 2.38. The van der Waals surface area contributed by atoms with Crippen LogP contribution in [0.1, 0.15) is 11.1 Å². The zero-order valence-corrected chi connectivity index (χ0v) is 12.2. The van der Waals surface area contributed by atoms with E-state index in [1.54, 1.807) is 0 Å². The monoisotopic (exact) mass is 314 g/mol. The first-order chi connectivity index (χ1) is 9.38. The predicted octanol–water partition coefficient (Wildman–Crippen LogP) is 3.64. The molecule has 0 unspecified atom stereocenters. The van der Waals surface area contributed by atoms with Gasteiger partial charge in [0.2, 0.25) is 0 Å². The maximum atomic E-state index is 13.7. The summed E-state index contributed by atoms with van der Waals surface area (Å²) >= 11 is 0. The zero-order chi connectivity index (χ0) is 14.8. The Morgan fingerprint density at radius 1 is 1.20 bits per heavy atom. The molecule has 0 saturated carbocycles. The predicted molar refractivity (Wildman–Crippen MR) is 74.9 cm³/mol. The number of halogens is 2. The van der Waals surface area contributed by atoms with Crippen LogP contribution in [-0.4, -0.2) is 8.42 Å². The van der Waals surface area contributed by atoms with Crippen molar-refractivity contribution >= 4 is 19.7 Å². The van der Waals surface area contributed by atoms with Gasteiger partial charge in [-0.3, -0.25) is 0 Å². The Morgan fingerprint density at radius 2 is 1.90 bits per heavy atom. The molecule has 20 heavy (non-hydrogen) atoms. The van der Waals surface area contributed by atoms with E-state index >= 15 is 0 Å². The molecular formula is C14H12ClFO3S. The van der Waals surface area contributed by atoms with Crippen LogP contribution in [0.5, 0.6) is 5.75 Å². The van der Waals surface area contributed by atoms with Crippen molar-refractivity contribution in [3.8, 4) is 5.75 Å². The van der Waals surface area contributed by atoms with E-state index in [-0.39, 0.29) is 17.3 Å². The van der Waals surface area contributed by atoms with Crippen molar-refractivity contribution in [3.63, 3.8) is 0 Å². The standard InChI is InChI=1S/C14H12ClFO3S/c1-10-4-2-3-5-11(10)9-19-14-7-6-12(8-13(14)16)20(15,17)18/h2-8H,9H2,1H3. The van der Waals surface area contributed by atoms with E-state index in [4.69, 9.17) is 15.4 Å². The van der Waals surface area contributed by atoms with Crippen LogP contribution < -0.4 is 4.74 Å². The zero-order valence-electron chi connectivity index (χ0n) is 10.6. The number of ether oxygens (including phenoxy) is 1. The number of aryl methyl sites for hydroxylation is 1. The third kappa shape index (κ3) is 3.49. The minimum atomic E-state index is -3.94. The first kappa shape index (κ1) is 14.8. The summed E-state index contributed by atoms with van der Waals surface area (Å²) in [7, 11) is 1.20. The lowest BCUT2D eigenvalue weighted by Gasteiger charge is -2.09. The molecule has 6 heteroatoms. The summed E-state index contributed by atoms with van der Waals surface area (Å²) in [4.78, 5) is -0.292. The Balaban J connectivity index is 2.17. The van der Waals surface area contributed by atoms with Crippen LogP contribution in [0.3, 0.4) is 0 Å². The summed E-state index contributed by atoms with van der Waals surface area (Å²) in [5.41, 5.74) is 1.97. The highest BCUT2D eigenvalue weighted by molar-refractivity contribution is 8.13. The molecule has 0 saturated heterocycles. The van der Waals surface area contributed by atoms with E-state index in [0.717, 1.165) is 17.2 Å². The van der Waals surface area contributed by atoms with Crippen LogP contribution in [0.25, 0.3) is 0 Å². The molecule has 0 fully saturated rings. The van der Waals surface area contributed by atoms with Crippen LogP contribution >= 0.6 is 10.7 Å². The maximum absolute atomic E-state index is 13.7. The summed E-state index contributed by atoms with van der Waals surface area (Å²) < 4.78 is 41.3. The minimum Gasteiger partial charge on any atom is -0.486 e. The minimum absolute atomic E-state index is 0.0164. The normalized spacial score (nSPS) is 11.3.